The van der Waals surface area contributed by atoms with E-state index >= 15 is 0 Å². The van der Waals surface area contributed by atoms with Crippen molar-refractivity contribution >= 4 is 5.91 Å². The van der Waals surface area contributed by atoms with Crippen LogP contribution in [0, 0.1) is 0 Å². The van der Waals surface area contributed by atoms with Gasteiger partial charge in [0, 0.05) is 18.1 Å². The van der Waals surface area contributed by atoms with Crippen molar-refractivity contribution in [2.24, 2.45) is 0 Å². The van der Waals surface area contributed by atoms with Gasteiger partial charge in [-0.05, 0) is 56.7 Å². The molecular formula is C23H29NO5. The maximum atomic E-state index is 13.0. The number of amides is 1. The summed E-state index contributed by atoms with van der Waals surface area (Å²) in [5, 5.41) is 3.15. The molecule has 0 aliphatic carbocycles. The molecule has 3 rings (SSSR count). The monoisotopic (exact) mass is 399 g/mol. The van der Waals surface area contributed by atoms with E-state index in [1.165, 1.54) is 0 Å². The summed E-state index contributed by atoms with van der Waals surface area (Å²) in [5.41, 5.74) is 0.536. The molecular weight excluding hydrogens is 370 g/mol. The first-order chi connectivity index (χ1) is 13.8. The van der Waals surface area contributed by atoms with Crippen LogP contribution in [0.1, 0.15) is 45.2 Å². The average Bonchev–Trinajstić information content (AvgIpc) is 2.70. The first kappa shape index (κ1) is 20.8. The zero-order valence-electron chi connectivity index (χ0n) is 17.7. The number of ether oxygens (including phenoxy) is 4. The molecule has 0 saturated heterocycles. The summed E-state index contributed by atoms with van der Waals surface area (Å²) in [7, 11) is 3.23. The quantitative estimate of drug-likeness (QED) is 0.753. The molecule has 0 fully saturated rings. The Kier molecular flexibility index (Phi) is 6.20. The third kappa shape index (κ3) is 4.94. The zero-order valence-corrected chi connectivity index (χ0v) is 17.7. The second kappa shape index (κ2) is 8.64. The van der Waals surface area contributed by atoms with Crippen LogP contribution >= 0.6 is 0 Å². The smallest absolute Gasteiger partial charge is 0.261 e. The fourth-order valence-corrected chi connectivity index (χ4v) is 3.49. The van der Waals surface area contributed by atoms with Crippen LogP contribution in [0.15, 0.2) is 42.5 Å². The highest BCUT2D eigenvalue weighted by Gasteiger charge is 2.36. The van der Waals surface area contributed by atoms with E-state index in [0.29, 0.717) is 18.6 Å². The lowest BCUT2D eigenvalue weighted by atomic mass is 9.89. The van der Waals surface area contributed by atoms with Crippen molar-refractivity contribution in [3.05, 3.63) is 48.0 Å². The normalized spacial score (nSPS) is 18.0. The third-order valence-electron chi connectivity index (χ3n) is 5.00. The van der Waals surface area contributed by atoms with Gasteiger partial charge in [0.25, 0.3) is 5.91 Å². The van der Waals surface area contributed by atoms with Crippen LogP contribution in [-0.2, 0) is 4.79 Å². The molecule has 1 N–H and O–H groups in total. The zero-order chi connectivity index (χ0) is 21.0. The van der Waals surface area contributed by atoms with E-state index in [0.717, 1.165) is 22.8 Å². The lowest BCUT2D eigenvalue weighted by Crippen LogP contribution is -2.45. The predicted octanol–water partition coefficient (Wildman–Crippen LogP) is 4.28. The van der Waals surface area contributed by atoms with Gasteiger partial charge in [-0.2, -0.15) is 0 Å². The fraction of sp³-hybridized carbons (Fsp3) is 0.435. The Bertz CT molecular complexity index is 847. The Balaban J connectivity index is 1.75. The van der Waals surface area contributed by atoms with Gasteiger partial charge in [0.2, 0.25) is 0 Å². The molecule has 6 heteroatoms. The van der Waals surface area contributed by atoms with Crippen molar-refractivity contribution in [3.8, 4) is 23.0 Å². The van der Waals surface area contributed by atoms with E-state index in [1.54, 1.807) is 26.4 Å². The summed E-state index contributed by atoms with van der Waals surface area (Å²) in [6, 6.07) is 12.7. The number of nitrogens with one attached hydrogen (secondary N) is 1. The van der Waals surface area contributed by atoms with Gasteiger partial charge < -0.3 is 24.3 Å². The predicted molar refractivity (Wildman–Crippen MR) is 111 cm³/mol. The summed E-state index contributed by atoms with van der Waals surface area (Å²) in [6.07, 6.45) is 0.632. The van der Waals surface area contributed by atoms with Gasteiger partial charge >= 0.3 is 0 Å². The number of rotatable bonds is 7. The van der Waals surface area contributed by atoms with Crippen molar-refractivity contribution in [3.63, 3.8) is 0 Å². The summed E-state index contributed by atoms with van der Waals surface area (Å²) in [5.74, 6) is 2.68. The van der Waals surface area contributed by atoms with Gasteiger partial charge in [-0.25, -0.2) is 0 Å². The van der Waals surface area contributed by atoms with Gasteiger partial charge in [-0.3, -0.25) is 4.79 Å². The molecule has 0 aromatic heterocycles. The Morgan fingerprint density at radius 2 is 1.72 bits per heavy atom. The van der Waals surface area contributed by atoms with E-state index < -0.39 is 11.7 Å². The molecule has 0 spiro atoms. The van der Waals surface area contributed by atoms with Gasteiger partial charge in [-0.1, -0.05) is 6.92 Å². The highest BCUT2D eigenvalue weighted by atomic mass is 16.5. The molecule has 2 aromatic carbocycles. The topological polar surface area (TPSA) is 66.0 Å². The van der Waals surface area contributed by atoms with E-state index in [2.05, 4.69) is 5.32 Å². The van der Waals surface area contributed by atoms with Crippen LogP contribution in [-0.4, -0.2) is 31.8 Å². The first-order valence-electron chi connectivity index (χ1n) is 9.83. The van der Waals surface area contributed by atoms with Gasteiger partial charge in [0.1, 0.15) is 28.6 Å². The second-order valence-corrected chi connectivity index (χ2v) is 7.72. The fourth-order valence-electron chi connectivity index (χ4n) is 3.49. The minimum Gasteiger partial charge on any atom is -0.497 e. The number of carbonyl (C=O) groups excluding carboxylic acids is 1. The molecule has 29 heavy (non-hydrogen) atoms. The molecule has 0 bridgehead atoms. The van der Waals surface area contributed by atoms with E-state index in [-0.39, 0.29) is 11.9 Å². The second-order valence-electron chi connectivity index (χ2n) is 7.72. The van der Waals surface area contributed by atoms with Crippen LogP contribution in [0.2, 0.25) is 0 Å². The number of methoxy groups -OCH3 is 2. The number of carbonyl (C=O) groups is 1. The summed E-state index contributed by atoms with van der Waals surface area (Å²) in [6.45, 7) is 5.96. The Labute approximate surface area is 172 Å². The highest BCUT2D eigenvalue weighted by Crippen LogP contribution is 2.41. The molecule has 156 valence electrons. The molecule has 1 aliphatic heterocycles. The van der Waals surface area contributed by atoms with Crippen molar-refractivity contribution < 1.29 is 23.7 Å². The largest absolute Gasteiger partial charge is 0.497 e. The van der Waals surface area contributed by atoms with Gasteiger partial charge in [0.15, 0.2) is 6.10 Å². The van der Waals surface area contributed by atoms with Crippen LogP contribution in [0.5, 0.6) is 23.0 Å². The van der Waals surface area contributed by atoms with Crippen molar-refractivity contribution in [2.75, 3.05) is 14.2 Å². The maximum Gasteiger partial charge on any atom is 0.261 e. The molecule has 6 nitrogen and oxygen atoms in total. The van der Waals surface area contributed by atoms with Gasteiger partial charge in [-0.15, -0.1) is 0 Å². The van der Waals surface area contributed by atoms with Crippen LogP contribution < -0.4 is 24.3 Å². The standard InChI is InChI=1S/C23H29NO5/c1-6-20(28-16-9-7-15(26-4)8-10-16)22(25)24-19-14-23(2,3)29-21-13-17(27-5)11-12-18(19)21/h7-13,19-20H,6,14H2,1-5H3,(H,24,25)/t19-,20-/m1/s1. The van der Waals surface area contributed by atoms with Crippen LogP contribution in [0.25, 0.3) is 0 Å². The van der Waals surface area contributed by atoms with Crippen molar-refractivity contribution in [1.29, 1.82) is 0 Å². The Hall–Kier alpha value is -2.89. The molecule has 2 atom stereocenters. The van der Waals surface area contributed by atoms with Crippen LogP contribution in [0.3, 0.4) is 0 Å². The van der Waals surface area contributed by atoms with E-state index in [4.69, 9.17) is 18.9 Å². The molecule has 0 radical (unpaired) electrons. The first-order valence-corrected chi connectivity index (χ1v) is 9.83. The third-order valence-corrected chi connectivity index (χ3v) is 5.00. The number of hydrogen-bond donors (Lipinski definition) is 1. The summed E-state index contributed by atoms with van der Waals surface area (Å²) in [4.78, 5) is 13.0. The summed E-state index contributed by atoms with van der Waals surface area (Å²) >= 11 is 0. The number of hydrogen-bond acceptors (Lipinski definition) is 5. The van der Waals surface area contributed by atoms with E-state index in [9.17, 15) is 4.79 Å². The van der Waals surface area contributed by atoms with Crippen LogP contribution in [0.4, 0.5) is 0 Å². The minimum atomic E-state index is -0.587. The Morgan fingerprint density at radius 3 is 2.34 bits per heavy atom. The lowest BCUT2D eigenvalue weighted by Gasteiger charge is -2.38. The number of benzene rings is 2. The highest BCUT2D eigenvalue weighted by molar-refractivity contribution is 5.81. The molecule has 2 aromatic rings. The van der Waals surface area contributed by atoms with Gasteiger partial charge in [0.05, 0.1) is 20.3 Å². The average molecular weight is 399 g/mol. The van der Waals surface area contributed by atoms with E-state index in [1.807, 2.05) is 51.1 Å². The molecule has 1 aliphatic rings. The molecule has 1 amide bonds. The van der Waals surface area contributed by atoms with Crippen molar-refractivity contribution in [1.82, 2.24) is 5.32 Å². The van der Waals surface area contributed by atoms with Crippen molar-refractivity contribution in [2.45, 2.75) is 51.4 Å². The Morgan fingerprint density at radius 1 is 1.10 bits per heavy atom. The molecule has 1 heterocycles. The number of fused-ring (bicyclic) bond motifs is 1. The molecule has 0 saturated carbocycles. The lowest BCUT2D eigenvalue weighted by molar-refractivity contribution is -0.129. The molecule has 0 unspecified atom stereocenters. The SMILES string of the molecule is CC[C@@H](Oc1ccc(OC)cc1)C(=O)N[C@@H]1CC(C)(C)Oc2cc(OC)ccc21. The maximum absolute atomic E-state index is 13.0. The summed E-state index contributed by atoms with van der Waals surface area (Å²) < 4.78 is 22.5. The minimum absolute atomic E-state index is 0.146.